The van der Waals surface area contributed by atoms with Gasteiger partial charge in [0.15, 0.2) is 0 Å². The third kappa shape index (κ3) is 5.99. The van der Waals surface area contributed by atoms with Gasteiger partial charge in [0.1, 0.15) is 11.6 Å². The predicted octanol–water partition coefficient (Wildman–Crippen LogP) is 3.95. The number of rotatable bonds is 7. The molecule has 1 aromatic heterocycles. The summed E-state index contributed by atoms with van der Waals surface area (Å²) in [4.78, 5) is 39.8. The second-order valence-electron chi connectivity index (χ2n) is 6.61. The molecule has 0 bridgehead atoms. The summed E-state index contributed by atoms with van der Waals surface area (Å²) in [5.74, 6) is -0.824. The number of hydrogen-bond donors (Lipinski definition) is 2. The van der Waals surface area contributed by atoms with Crippen LogP contribution < -0.4 is 10.6 Å². The van der Waals surface area contributed by atoms with Crippen molar-refractivity contribution in [2.75, 3.05) is 10.6 Å². The molecule has 0 fully saturated rings. The minimum absolute atomic E-state index is 0.0161. The van der Waals surface area contributed by atoms with Crippen molar-refractivity contribution in [1.82, 2.24) is 4.98 Å². The highest BCUT2D eigenvalue weighted by molar-refractivity contribution is 7.09. The third-order valence-corrected chi connectivity index (χ3v) is 5.02. The normalized spacial score (nSPS) is 10.3. The van der Waals surface area contributed by atoms with Crippen LogP contribution in [0.1, 0.15) is 33.5 Å². The molecule has 0 spiro atoms. The molecule has 30 heavy (non-hydrogen) atoms. The Morgan fingerprint density at radius 1 is 1.03 bits per heavy atom. The Labute approximate surface area is 178 Å². The fraction of sp³-hybridized carbons (Fsp3) is 0.182. The number of aromatic nitrogens is 1. The molecule has 3 rings (SSSR count). The number of carbonyl (C=O) groups excluding carboxylic acids is 3. The second-order valence-corrected chi connectivity index (χ2v) is 7.55. The van der Waals surface area contributed by atoms with Gasteiger partial charge in [0, 0.05) is 23.7 Å². The fourth-order valence-electron chi connectivity index (χ4n) is 2.66. The first kappa shape index (κ1) is 21.2. The molecule has 0 saturated carbocycles. The fourth-order valence-corrected chi connectivity index (χ4v) is 3.43. The van der Waals surface area contributed by atoms with Crippen molar-refractivity contribution in [3.05, 3.63) is 75.7 Å². The van der Waals surface area contributed by atoms with Crippen molar-refractivity contribution in [3.8, 4) is 0 Å². The van der Waals surface area contributed by atoms with E-state index in [2.05, 4.69) is 15.6 Å². The van der Waals surface area contributed by atoms with Crippen molar-refractivity contribution in [3.63, 3.8) is 0 Å². The number of nitrogens with zero attached hydrogens (tertiary/aromatic N) is 1. The zero-order valence-corrected chi connectivity index (χ0v) is 17.4. The summed E-state index contributed by atoms with van der Waals surface area (Å²) in [7, 11) is 0. The van der Waals surface area contributed by atoms with Crippen LogP contribution in [0, 0.1) is 6.92 Å². The van der Waals surface area contributed by atoms with Gasteiger partial charge in [-0.3, -0.25) is 9.59 Å². The lowest BCUT2D eigenvalue weighted by Gasteiger charge is -2.06. The van der Waals surface area contributed by atoms with Gasteiger partial charge in [-0.25, -0.2) is 9.78 Å². The van der Waals surface area contributed by atoms with Gasteiger partial charge in [-0.1, -0.05) is 18.2 Å². The predicted molar refractivity (Wildman–Crippen MR) is 115 cm³/mol. The zero-order chi connectivity index (χ0) is 21.5. The number of ether oxygens (including phenoxy) is 1. The summed E-state index contributed by atoms with van der Waals surface area (Å²) < 4.78 is 5.28. The van der Waals surface area contributed by atoms with Crippen LogP contribution in [0.2, 0.25) is 0 Å². The summed E-state index contributed by atoms with van der Waals surface area (Å²) in [6.07, 6.45) is 0.150. The summed E-state index contributed by atoms with van der Waals surface area (Å²) >= 11 is 1.34. The molecule has 2 aromatic carbocycles. The van der Waals surface area contributed by atoms with Gasteiger partial charge < -0.3 is 15.4 Å². The molecule has 8 heteroatoms. The maximum absolute atomic E-state index is 12.2. The number of benzene rings is 2. The lowest BCUT2D eigenvalue weighted by Crippen LogP contribution is -2.15. The highest BCUT2D eigenvalue weighted by Gasteiger charge is 2.12. The first-order valence-corrected chi connectivity index (χ1v) is 10.1. The molecule has 2 N–H and O–H groups in total. The molecule has 0 saturated heterocycles. The van der Waals surface area contributed by atoms with Crippen LogP contribution in [-0.2, 0) is 27.4 Å². The Morgan fingerprint density at radius 2 is 1.77 bits per heavy atom. The Kier molecular flexibility index (Phi) is 6.92. The largest absolute Gasteiger partial charge is 0.456 e. The SMILES string of the molecule is CC(=O)Nc1ccc(C(=O)OCc2csc(CC(=O)Nc3ccccc3C)n2)cc1. The molecule has 0 unspecified atom stereocenters. The Morgan fingerprint density at radius 3 is 2.47 bits per heavy atom. The van der Waals surface area contributed by atoms with Crippen molar-refractivity contribution in [2.24, 2.45) is 0 Å². The molecule has 0 atom stereocenters. The lowest BCUT2D eigenvalue weighted by molar-refractivity contribution is -0.116. The van der Waals surface area contributed by atoms with Crippen LogP contribution in [0.5, 0.6) is 0 Å². The van der Waals surface area contributed by atoms with Gasteiger partial charge in [-0.05, 0) is 42.8 Å². The van der Waals surface area contributed by atoms with Gasteiger partial charge >= 0.3 is 5.97 Å². The average Bonchev–Trinajstić information content (AvgIpc) is 3.15. The second kappa shape index (κ2) is 9.80. The highest BCUT2D eigenvalue weighted by Crippen LogP contribution is 2.16. The number of thiazole rings is 1. The van der Waals surface area contributed by atoms with E-state index in [-0.39, 0.29) is 24.8 Å². The number of hydrogen-bond acceptors (Lipinski definition) is 6. The number of para-hydroxylation sites is 1. The van der Waals surface area contributed by atoms with E-state index in [0.717, 1.165) is 11.3 Å². The van der Waals surface area contributed by atoms with E-state index in [0.29, 0.717) is 22.0 Å². The number of nitrogens with one attached hydrogen (secondary N) is 2. The third-order valence-electron chi connectivity index (χ3n) is 4.12. The summed E-state index contributed by atoms with van der Waals surface area (Å²) in [6, 6.07) is 14.0. The molecule has 7 nitrogen and oxygen atoms in total. The molecule has 3 aromatic rings. The van der Waals surface area contributed by atoms with Crippen molar-refractivity contribution in [2.45, 2.75) is 26.9 Å². The molecule has 0 aliphatic heterocycles. The monoisotopic (exact) mass is 423 g/mol. The van der Waals surface area contributed by atoms with Crippen LogP contribution in [0.15, 0.2) is 53.9 Å². The lowest BCUT2D eigenvalue weighted by atomic mass is 10.2. The maximum atomic E-state index is 12.2. The van der Waals surface area contributed by atoms with Crippen LogP contribution in [0.4, 0.5) is 11.4 Å². The number of esters is 1. The van der Waals surface area contributed by atoms with E-state index < -0.39 is 5.97 Å². The standard InChI is InChI=1S/C22H21N3O4S/c1-14-5-3-4-6-19(14)25-20(27)11-21-24-18(13-30-21)12-29-22(28)16-7-9-17(10-8-16)23-15(2)26/h3-10,13H,11-12H2,1-2H3,(H,23,26)(H,25,27). The Hall–Kier alpha value is -3.52. The molecule has 154 valence electrons. The first-order chi connectivity index (χ1) is 14.4. The number of carbonyl (C=O) groups is 3. The molecular weight excluding hydrogens is 402 g/mol. The number of anilines is 2. The molecule has 0 aliphatic carbocycles. The van der Waals surface area contributed by atoms with E-state index in [1.807, 2.05) is 31.2 Å². The van der Waals surface area contributed by atoms with Crippen LogP contribution >= 0.6 is 11.3 Å². The van der Waals surface area contributed by atoms with Crippen LogP contribution in [0.3, 0.4) is 0 Å². The molecule has 0 radical (unpaired) electrons. The van der Waals surface area contributed by atoms with Gasteiger partial charge in [0.05, 0.1) is 17.7 Å². The number of aryl methyl sites for hydroxylation is 1. The van der Waals surface area contributed by atoms with E-state index in [1.165, 1.54) is 18.3 Å². The van der Waals surface area contributed by atoms with E-state index in [9.17, 15) is 14.4 Å². The van der Waals surface area contributed by atoms with E-state index in [4.69, 9.17) is 4.74 Å². The number of amides is 2. The first-order valence-electron chi connectivity index (χ1n) is 9.24. The highest BCUT2D eigenvalue weighted by atomic mass is 32.1. The average molecular weight is 423 g/mol. The quantitative estimate of drug-likeness (QED) is 0.561. The van der Waals surface area contributed by atoms with Gasteiger partial charge in [-0.2, -0.15) is 0 Å². The maximum Gasteiger partial charge on any atom is 0.338 e. The topological polar surface area (TPSA) is 97.4 Å². The smallest absolute Gasteiger partial charge is 0.338 e. The molecular formula is C22H21N3O4S. The van der Waals surface area contributed by atoms with Gasteiger partial charge in [0.2, 0.25) is 11.8 Å². The van der Waals surface area contributed by atoms with Gasteiger partial charge in [0.25, 0.3) is 0 Å². The summed E-state index contributed by atoms with van der Waals surface area (Å²) in [5, 5.41) is 7.92. The zero-order valence-electron chi connectivity index (χ0n) is 16.6. The minimum Gasteiger partial charge on any atom is -0.456 e. The Bertz CT molecular complexity index is 1060. The molecule has 0 aliphatic rings. The van der Waals surface area contributed by atoms with Gasteiger partial charge in [-0.15, -0.1) is 11.3 Å². The molecule has 1 heterocycles. The van der Waals surface area contributed by atoms with E-state index in [1.54, 1.807) is 29.6 Å². The Balaban J connectivity index is 1.50. The summed E-state index contributed by atoms with van der Waals surface area (Å²) in [6.45, 7) is 3.36. The van der Waals surface area contributed by atoms with Crippen molar-refractivity contribution in [1.29, 1.82) is 0 Å². The van der Waals surface area contributed by atoms with Crippen molar-refractivity contribution < 1.29 is 19.1 Å². The minimum atomic E-state index is -0.490. The summed E-state index contributed by atoms with van der Waals surface area (Å²) in [5.41, 5.74) is 3.33. The van der Waals surface area contributed by atoms with Crippen LogP contribution in [-0.4, -0.2) is 22.8 Å². The van der Waals surface area contributed by atoms with E-state index >= 15 is 0 Å². The molecule has 2 amide bonds. The van der Waals surface area contributed by atoms with Crippen LogP contribution in [0.25, 0.3) is 0 Å². The van der Waals surface area contributed by atoms with Crippen molar-refractivity contribution >= 4 is 40.5 Å².